The van der Waals surface area contributed by atoms with Crippen molar-refractivity contribution in [1.82, 2.24) is 0 Å². The highest BCUT2D eigenvalue weighted by molar-refractivity contribution is 7.88. The molecule has 0 fully saturated rings. The van der Waals surface area contributed by atoms with Gasteiger partial charge in [0.1, 0.15) is 10.2 Å². The van der Waals surface area contributed by atoms with Crippen molar-refractivity contribution in [2.45, 2.75) is 64.2 Å². The molecule has 0 aliphatic heterocycles. The number of hydrogen-bond donors (Lipinski definition) is 1. The number of unbranched alkanes of at least 4 members (excludes halogenated alkanes) is 3. The lowest BCUT2D eigenvalue weighted by atomic mass is 10.4. The average Bonchev–Trinajstić information content (AvgIpc) is 2.54. The van der Waals surface area contributed by atoms with Gasteiger partial charge in [0.25, 0.3) is 10.1 Å². The van der Waals surface area contributed by atoms with Crippen molar-refractivity contribution < 1.29 is 13.0 Å². The standard InChI is InChI=1S/C18H31O3PS/c1-4-7-14-22(15-8-5-2,16-9-6-3)17-12-10-11-13-18(17)23(19,20)21/h10-13H,4-9,14-16H2,1-3H3/p+1. The number of rotatable bonds is 11. The van der Waals surface area contributed by atoms with Crippen LogP contribution < -0.4 is 5.30 Å². The Morgan fingerprint density at radius 3 is 1.70 bits per heavy atom. The molecule has 23 heavy (non-hydrogen) atoms. The SMILES string of the molecule is CCCC[P+](CCCC)(CCCC)c1ccccc1S(=O)(=O)O. The number of benzene rings is 1. The predicted molar refractivity (Wildman–Crippen MR) is 102 cm³/mol. The second kappa shape index (κ2) is 9.76. The Morgan fingerprint density at radius 1 is 0.870 bits per heavy atom. The quantitative estimate of drug-likeness (QED) is 0.448. The summed E-state index contributed by atoms with van der Waals surface area (Å²) in [5.41, 5.74) is 0. The maximum Gasteiger partial charge on any atom is 0.298 e. The third-order valence-electron chi connectivity index (χ3n) is 4.47. The van der Waals surface area contributed by atoms with E-state index in [2.05, 4.69) is 20.8 Å². The Kier molecular flexibility index (Phi) is 8.74. The third kappa shape index (κ3) is 5.85. The van der Waals surface area contributed by atoms with Crippen molar-refractivity contribution in [3.8, 4) is 0 Å². The van der Waals surface area contributed by atoms with E-state index >= 15 is 0 Å². The average molecular weight is 359 g/mol. The lowest BCUT2D eigenvalue weighted by molar-refractivity contribution is 0.484. The molecule has 0 spiro atoms. The molecule has 3 nitrogen and oxygen atoms in total. The minimum Gasteiger partial charge on any atom is -0.282 e. The molecule has 1 rings (SSSR count). The minimum atomic E-state index is -4.16. The summed E-state index contributed by atoms with van der Waals surface area (Å²) in [7, 11) is -5.74. The highest BCUT2D eigenvalue weighted by Crippen LogP contribution is 2.60. The van der Waals surface area contributed by atoms with Gasteiger partial charge < -0.3 is 0 Å². The first-order chi connectivity index (χ1) is 10.9. The second-order valence-corrected chi connectivity index (χ2v) is 11.8. The molecule has 0 atom stereocenters. The minimum absolute atomic E-state index is 0.150. The van der Waals surface area contributed by atoms with Crippen LogP contribution >= 0.6 is 7.26 Å². The van der Waals surface area contributed by atoms with E-state index < -0.39 is 17.4 Å². The fourth-order valence-electron chi connectivity index (χ4n) is 3.15. The Morgan fingerprint density at radius 2 is 1.30 bits per heavy atom. The van der Waals surface area contributed by atoms with E-state index in [-0.39, 0.29) is 4.90 Å². The molecule has 0 amide bonds. The molecule has 0 aromatic heterocycles. The first kappa shape index (κ1) is 20.6. The van der Waals surface area contributed by atoms with E-state index in [0.717, 1.165) is 62.3 Å². The van der Waals surface area contributed by atoms with Crippen LogP contribution in [-0.2, 0) is 10.1 Å². The second-order valence-electron chi connectivity index (χ2n) is 6.32. The summed E-state index contributed by atoms with van der Waals surface area (Å²) < 4.78 is 33.5. The summed E-state index contributed by atoms with van der Waals surface area (Å²) in [6.45, 7) is 6.55. The van der Waals surface area contributed by atoms with Gasteiger partial charge in [-0.1, -0.05) is 52.2 Å². The fourth-order valence-corrected chi connectivity index (χ4v) is 9.76. The molecule has 0 heterocycles. The van der Waals surface area contributed by atoms with Crippen LogP contribution in [0.5, 0.6) is 0 Å². The highest BCUT2D eigenvalue weighted by Gasteiger charge is 2.41. The van der Waals surface area contributed by atoms with Crippen LogP contribution in [0.15, 0.2) is 29.2 Å². The Balaban J connectivity index is 3.41. The van der Waals surface area contributed by atoms with E-state index in [4.69, 9.17) is 0 Å². The van der Waals surface area contributed by atoms with Crippen LogP contribution in [0.25, 0.3) is 0 Å². The van der Waals surface area contributed by atoms with Gasteiger partial charge in [-0.15, -0.1) is 0 Å². The normalized spacial score (nSPS) is 12.5. The largest absolute Gasteiger partial charge is 0.298 e. The van der Waals surface area contributed by atoms with Crippen LogP contribution in [0.2, 0.25) is 0 Å². The third-order valence-corrected chi connectivity index (χ3v) is 10.5. The van der Waals surface area contributed by atoms with Crippen molar-refractivity contribution in [3.63, 3.8) is 0 Å². The van der Waals surface area contributed by atoms with Crippen LogP contribution in [0.3, 0.4) is 0 Å². The fraction of sp³-hybridized carbons (Fsp3) is 0.667. The van der Waals surface area contributed by atoms with Crippen LogP contribution in [0.1, 0.15) is 59.3 Å². The summed E-state index contributed by atoms with van der Waals surface area (Å²) in [6.07, 6.45) is 10.0. The van der Waals surface area contributed by atoms with Crippen molar-refractivity contribution in [3.05, 3.63) is 24.3 Å². The van der Waals surface area contributed by atoms with Gasteiger partial charge in [0, 0.05) is 7.26 Å². The molecule has 0 radical (unpaired) electrons. The van der Waals surface area contributed by atoms with Crippen LogP contribution in [0, 0.1) is 0 Å². The summed E-state index contributed by atoms with van der Waals surface area (Å²) in [4.78, 5) is 0.150. The summed E-state index contributed by atoms with van der Waals surface area (Å²) in [5, 5.41) is 0.929. The lowest BCUT2D eigenvalue weighted by Gasteiger charge is -2.29. The van der Waals surface area contributed by atoms with Crippen molar-refractivity contribution in [2.75, 3.05) is 18.5 Å². The summed E-state index contributed by atoms with van der Waals surface area (Å²) in [5.74, 6) is 0. The number of hydrogen-bond acceptors (Lipinski definition) is 2. The molecule has 1 N–H and O–H groups in total. The van der Waals surface area contributed by atoms with Crippen LogP contribution in [0.4, 0.5) is 0 Å². The van der Waals surface area contributed by atoms with E-state index in [1.165, 1.54) is 0 Å². The Bertz CT molecular complexity index is 548. The molecule has 0 aliphatic rings. The molecule has 132 valence electrons. The van der Waals surface area contributed by atoms with Gasteiger partial charge in [0.2, 0.25) is 0 Å². The van der Waals surface area contributed by atoms with Gasteiger partial charge in [0.15, 0.2) is 0 Å². The zero-order valence-corrected chi connectivity index (χ0v) is 16.5. The molecule has 1 aromatic carbocycles. The van der Waals surface area contributed by atoms with Gasteiger partial charge in [-0.3, -0.25) is 4.55 Å². The van der Waals surface area contributed by atoms with E-state index in [1.807, 2.05) is 12.1 Å². The summed E-state index contributed by atoms with van der Waals surface area (Å²) >= 11 is 0. The lowest BCUT2D eigenvalue weighted by Crippen LogP contribution is -2.26. The van der Waals surface area contributed by atoms with Gasteiger partial charge in [0.05, 0.1) is 18.5 Å². The van der Waals surface area contributed by atoms with E-state index in [1.54, 1.807) is 12.1 Å². The zero-order valence-electron chi connectivity index (χ0n) is 14.8. The topological polar surface area (TPSA) is 54.4 Å². The smallest absolute Gasteiger partial charge is 0.282 e. The molecule has 0 unspecified atom stereocenters. The van der Waals surface area contributed by atoms with Crippen molar-refractivity contribution in [2.24, 2.45) is 0 Å². The maximum atomic E-state index is 11.9. The van der Waals surface area contributed by atoms with Gasteiger partial charge in [-0.25, -0.2) is 0 Å². The summed E-state index contributed by atoms with van der Waals surface area (Å²) in [6, 6.07) is 7.16. The predicted octanol–water partition coefficient (Wildman–Crippen LogP) is 4.98. The first-order valence-electron chi connectivity index (χ1n) is 8.84. The van der Waals surface area contributed by atoms with Crippen molar-refractivity contribution >= 4 is 22.7 Å². The molecule has 0 saturated carbocycles. The highest BCUT2D eigenvalue weighted by atomic mass is 32.2. The van der Waals surface area contributed by atoms with Gasteiger partial charge in [-0.05, 0) is 31.4 Å². The molecule has 5 heteroatoms. The van der Waals surface area contributed by atoms with E-state index in [9.17, 15) is 13.0 Å². The van der Waals surface area contributed by atoms with E-state index in [0.29, 0.717) is 0 Å². The Labute approximate surface area is 143 Å². The van der Waals surface area contributed by atoms with Crippen LogP contribution in [-0.4, -0.2) is 31.5 Å². The molecule has 1 aromatic rings. The Hall–Kier alpha value is -0.440. The monoisotopic (exact) mass is 359 g/mol. The molecule has 0 saturated heterocycles. The van der Waals surface area contributed by atoms with Gasteiger partial charge >= 0.3 is 0 Å². The molecular weight excluding hydrogens is 327 g/mol. The maximum absolute atomic E-state index is 11.9. The zero-order chi connectivity index (χ0) is 17.3. The molecule has 0 aliphatic carbocycles. The van der Waals surface area contributed by atoms with Gasteiger partial charge in [-0.2, -0.15) is 8.42 Å². The molecule has 0 bridgehead atoms. The molecular formula is C18H32O3PS+. The first-order valence-corrected chi connectivity index (χ1v) is 12.6. The van der Waals surface area contributed by atoms with Crippen molar-refractivity contribution in [1.29, 1.82) is 0 Å².